The van der Waals surface area contributed by atoms with Crippen molar-refractivity contribution in [3.05, 3.63) is 22.3 Å². The van der Waals surface area contributed by atoms with Gasteiger partial charge in [-0.05, 0) is 33.8 Å². The molecule has 9 heteroatoms. The zero-order valence-corrected chi connectivity index (χ0v) is 11.2. The lowest BCUT2D eigenvalue weighted by Crippen LogP contribution is -2.13. The molecule has 0 bridgehead atoms. The second-order valence-electron chi connectivity index (χ2n) is 3.08. The third-order valence-electron chi connectivity index (χ3n) is 1.74. The molecule has 0 unspecified atom stereocenters. The maximum Gasteiger partial charge on any atom is 0.441 e. The van der Waals surface area contributed by atoms with Crippen LogP contribution in [0, 0.1) is 0 Å². The highest BCUT2D eigenvalue weighted by Crippen LogP contribution is 2.29. The number of alkyl halides is 3. The fourth-order valence-corrected chi connectivity index (χ4v) is 1.85. The minimum absolute atomic E-state index is 0.0287. The van der Waals surface area contributed by atoms with E-state index in [0.29, 0.717) is 4.47 Å². The van der Waals surface area contributed by atoms with Crippen molar-refractivity contribution in [1.82, 2.24) is 4.98 Å². The molecule has 0 aliphatic heterocycles. The average molecular weight is 345 g/mol. The van der Waals surface area contributed by atoms with Crippen molar-refractivity contribution in [1.29, 1.82) is 0 Å². The molecule has 4 nitrogen and oxygen atoms in total. The predicted molar refractivity (Wildman–Crippen MR) is 65.9 cm³/mol. The van der Waals surface area contributed by atoms with Gasteiger partial charge in [-0.1, -0.05) is 0 Å². The summed E-state index contributed by atoms with van der Waals surface area (Å²) in [7, 11) is 0. The summed E-state index contributed by atoms with van der Waals surface area (Å²) < 4.78 is 36.1. The van der Waals surface area contributed by atoms with Crippen LogP contribution in [0.3, 0.4) is 0 Å². The summed E-state index contributed by atoms with van der Waals surface area (Å²) in [5.74, 6) is -1.37. The van der Waals surface area contributed by atoms with Crippen molar-refractivity contribution >= 4 is 39.5 Å². The van der Waals surface area contributed by atoms with Gasteiger partial charge in [-0.2, -0.15) is 13.2 Å². The Morgan fingerprint density at radius 2 is 2.22 bits per heavy atom. The van der Waals surface area contributed by atoms with E-state index >= 15 is 0 Å². The second kappa shape index (κ2) is 6.28. The minimum atomic E-state index is -4.29. The molecular formula is C9H8BrF3N2O2S. The molecule has 18 heavy (non-hydrogen) atoms. The van der Waals surface area contributed by atoms with Crippen molar-refractivity contribution < 1.29 is 23.1 Å². The molecule has 1 aromatic rings. The summed E-state index contributed by atoms with van der Waals surface area (Å²) in [6.45, 7) is -0.0287. The Morgan fingerprint density at radius 1 is 1.56 bits per heavy atom. The van der Waals surface area contributed by atoms with E-state index in [2.05, 4.69) is 26.2 Å². The monoisotopic (exact) mass is 344 g/mol. The smallest absolute Gasteiger partial charge is 0.441 e. The summed E-state index contributed by atoms with van der Waals surface area (Å²) in [5, 5.41) is 11.5. The van der Waals surface area contributed by atoms with E-state index in [9.17, 15) is 18.0 Å². The van der Waals surface area contributed by atoms with Crippen molar-refractivity contribution in [2.45, 2.75) is 5.51 Å². The number of aromatic carboxylic acids is 1. The first kappa shape index (κ1) is 15.1. The number of halogens is 4. The third kappa shape index (κ3) is 5.13. The van der Waals surface area contributed by atoms with Crippen LogP contribution < -0.4 is 5.32 Å². The molecule has 0 spiro atoms. The lowest BCUT2D eigenvalue weighted by Gasteiger charge is -2.09. The Kier molecular flexibility index (Phi) is 5.27. The normalized spacial score (nSPS) is 11.3. The SMILES string of the molecule is O=C(O)c1cc(Br)cnc1NCCSC(F)(F)F. The van der Waals surface area contributed by atoms with Gasteiger partial charge in [0.05, 0.1) is 0 Å². The first-order chi connectivity index (χ1) is 8.29. The van der Waals surface area contributed by atoms with Crippen LogP contribution in [0.15, 0.2) is 16.7 Å². The zero-order chi connectivity index (χ0) is 13.8. The van der Waals surface area contributed by atoms with Gasteiger partial charge in [-0.15, -0.1) is 0 Å². The van der Waals surface area contributed by atoms with Crippen molar-refractivity contribution in [3.8, 4) is 0 Å². The van der Waals surface area contributed by atoms with Crippen molar-refractivity contribution in [2.24, 2.45) is 0 Å². The van der Waals surface area contributed by atoms with Crippen LogP contribution in [0.5, 0.6) is 0 Å². The Balaban J connectivity index is 2.59. The number of nitrogens with zero attached hydrogens (tertiary/aromatic N) is 1. The fraction of sp³-hybridized carbons (Fsp3) is 0.333. The van der Waals surface area contributed by atoms with Gasteiger partial charge in [-0.3, -0.25) is 0 Å². The Labute approximate surface area is 113 Å². The van der Waals surface area contributed by atoms with Gasteiger partial charge < -0.3 is 10.4 Å². The number of pyridine rings is 1. The number of carboxylic acid groups (broad SMARTS) is 1. The third-order valence-corrected chi connectivity index (χ3v) is 2.91. The molecule has 0 aromatic carbocycles. The number of carboxylic acids is 1. The van der Waals surface area contributed by atoms with E-state index in [0.717, 1.165) is 0 Å². The summed E-state index contributed by atoms with van der Waals surface area (Å²) in [6.07, 6.45) is 1.37. The Morgan fingerprint density at radius 3 is 2.78 bits per heavy atom. The lowest BCUT2D eigenvalue weighted by atomic mass is 10.2. The molecular weight excluding hydrogens is 337 g/mol. The summed E-state index contributed by atoms with van der Waals surface area (Å²) in [6, 6.07) is 1.33. The van der Waals surface area contributed by atoms with Crippen LogP contribution in [-0.4, -0.2) is 33.9 Å². The van der Waals surface area contributed by atoms with Gasteiger partial charge in [0.1, 0.15) is 11.4 Å². The number of anilines is 1. The largest absolute Gasteiger partial charge is 0.478 e. The topological polar surface area (TPSA) is 62.2 Å². The molecule has 0 radical (unpaired) electrons. The molecule has 1 aromatic heterocycles. The van der Waals surface area contributed by atoms with E-state index in [4.69, 9.17) is 5.11 Å². The van der Waals surface area contributed by atoms with Crippen LogP contribution in [-0.2, 0) is 0 Å². The summed E-state index contributed by atoms with van der Waals surface area (Å²) >= 11 is 2.89. The van der Waals surface area contributed by atoms with Crippen LogP contribution in [0.2, 0.25) is 0 Å². The van der Waals surface area contributed by atoms with E-state index in [1.165, 1.54) is 12.3 Å². The lowest BCUT2D eigenvalue weighted by molar-refractivity contribution is -0.0327. The van der Waals surface area contributed by atoms with Gasteiger partial charge in [0.15, 0.2) is 0 Å². The minimum Gasteiger partial charge on any atom is -0.478 e. The number of nitrogens with one attached hydrogen (secondary N) is 1. The Hall–Kier alpha value is -0.960. The molecule has 1 heterocycles. The molecule has 0 aliphatic rings. The van der Waals surface area contributed by atoms with Crippen molar-refractivity contribution in [2.75, 3.05) is 17.6 Å². The second-order valence-corrected chi connectivity index (χ2v) is 5.15. The molecule has 0 saturated heterocycles. The molecule has 0 atom stereocenters. The average Bonchev–Trinajstić information content (AvgIpc) is 2.24. The summed E-state index contributed by atoms with van der Waals surface area (Å²) in [4.78, 5) is 14.7. The molecule has 2 N–H and O–H groups in total. The maximum absolute atomic E-state index is 11.9. The van der Waals surface area contributed by atoms with E-state index < -0.39 is 11.5 Å². The quantitative estimate of drug-likeness (QED) is 0.803. The highest BCUT2D eigenvalue weighted by atomic mass is 79.9. The van der Waals surface area contributed by atoms with Gasteiger partial charge in [0.25, 0.3) is 0 Å². The molecule has 0 fully saturated rings. The van der Waals surface area contributed by atoms with Gasteiger partial charge in [0, 0.05) is 23.0 Å². The van der Waals surface area contributed by atoms with Crippen LogP contribution >= 0.6 is 27.7 Å². The van der Waals surface area contributed by atoms with Crippen molar-refractivity contribution in [3.63, 3.8) is 0 Å². The van der Waals surface area contributed by atoms with E-state index in [1.54, 1.807) is 0 Å². The first-order valence-corrected chi connectivity index (χ1v) is 6.41. The van der Waals surface area contributed by atoms with Crippen LogP contribution in [0.25, 0.3) is 0 Å². The van der Waals surface area contributed by atoms with Crippen LogP contribution in [0.4, 0.5) is 19.0 Å². The zero-order valence-electron chi connectivity index (χ0n) is 8.79. The molecule has 1 rings (SSSR count). The number of rotatable bonds is 5. The predicted octanol–water partition coefficient (Wildman–Crippen LogP) is 3.21. The fourth-order valence-electron chi connectivity index (χ4n) is 1.08. The number of hydrogen-bond donors (Lipinski definition) is 2. The Bertz CT molecular complexity index is 442. The van der Waals surface area contributed by atoms with E-state index in [-0.39, 0.29) is 35.4 Å². The highest BCUT2D eigenvalue weighted by molar-refractivity contribution is 9.10. The maximum atomic E-state index is 11.9. The number of hydrogen-bond acceptors (Lipinski definition) is 4. The number of aromatic nitrogens is 1. The number of carbonyl (C=O) groups is 1. The number of thioether (sulfide) groups is 1. The summed E-state index contributed by atoms with van der Waals surface area (Å²) in [5.41, 5.74) is -4.38. The molecule has 0 aliphatic carbocycles. The highest BCUT2D eigenvalue weighted by Gasteiger charge is 2.27. The molecule has 100 valence electrons. The van der Waals surface area contributed by atoms with Gasteiger partial charge in [0.2, 0.25) is 0 Å². The first-order valence-electron chi connectivity index (χ1n) is 4.63. The molecule has 0 saturated carbocycles. The van der Waals surface area contributed by atoms with Gasteiger partial charge in [-0.25, -0.2) is 9.78 Å². The van der Waals surface area contributed by atoms with E-state index in [1.807, 2.05) is 0 Å². The molecule has 0 amide bonds. The standard InChI is InChI=1S/C9H8BrF3N2O2S/c10-5-3-6(8(16)17)7(15-4-5)14-1-2-18-9(11,12)13/h3-4H,1-2H2,(H,14,15)(H,16,17). The van der Waals surface area contributed by atoms with Crippen LogP contribution in [0.1, 0.15) is 10.4 Å². The van der Waals surface area contributed by atoms with Gasteiger partial charge >= 0.3 is 11.5 Å².